The second-order valence-corrected chi connectivity index (χ2v) is 3.03. The van der Waals surface area contributed by atoms with E-state index < -0.39 is 5.97 Å². The topological polar surface area (TPSA) is 57.0 Å². The first-order valence-electron chi connectivity index (χ1n) is 4.75. The molecule has 0 aliphatic rings. The first-order chi connectivity index (χ1) is 6.77. The lowest BCUT2D eigenvalue weighted by atomic mass is 10.2. The third-order valence-electron chi connectivity index (χ3n) is 1.90. The van der Waals surface area contributed by atoms with Crippen molar-refractivity contribution >= 4 is 5.97 Å². The molecule has 0 saturated heterocycles. The molecule has 0 radical (unpaired) electrons. The Hall–Kier alpha value is -1.39. The first-order valence-corrected chi connectivity index (χ1v) is 4.75. The standard InChI is InChI=1S/C9H15N3O2/c1-3-4-5-6-12-7-10-8(11-12)9(13)14-2/h7H,3-6H2,1-2H3. The molecule has 0 fully saturated rings. The molecule has 5 heteroatoms. The van der Waals surface area contributed by atoms with E-state index >= 15 is 0 Å². The molecule has 0 saturated carbocycles. The number of unbranched alkanes of at least 4 members (excludes halogenated alkanes) is 2. The summed E-state index contributed by atoms with van der Waals surface area (Å²) in [6.07, 6.45) is 4.94. The quantitative estimate of drug-likeness (QED) is 0.526. The van der Waals surface area contributed by atoms with Crippen molar-refractivity contribution in [1.29, 1.82) is 0 Å². The van der Waals surface area contributed by atoms with E-state index in [1.54, 1.807) is 11.0 Å². The summed E-state index contributed by atoms with van der Waals surface area (Å²) in [5.74, 6) is -0.358. The molecular formula is C9H15N3O2. The fraction of sp³-hybridized carbons (Fsp3) is 0.667. The smallest absolute Gasteiger partial charge is 0.377 e. The van der Waals surface area contributed by atoms with Gasteiger partial charge in [0.2, 0.25) is 0 Å². The van der Waals surface area contributed by atoms with Crippen molar-refractivity contribution in [1.82, 2.24) is 14.8 Å². The molecule has 1 aromatic heterocycles. The molecule has 0 aliphatic carbocycles. The van der Waals surface area contributed by atoms with Crippen molar-refractivity contribution in [3.05, 3.63) is 12.2 Å². The summed E-state index contributed by atoms with van der Waals surface area (Å²) in [6.45, 7) is 2.94. The van der Waals surface area contributed by atoms with Gasteiger partial charge in [-0.25, -0.2) is 9.78 Å². The molecule has 0 amide bonds. The Morgan fingerprint density at radius 3 is 3.00 bits per heavy atom. The van der Waals surface area contributed by atoms with Crippen molar-refractivity contribution in [3.8, 4) is 0 Å². The normalized spacial score (nSPS) is 10.1. The second-order valence-electron chi connectivity index (χ2n) is 3.03. The molecule has 14 heavy (non-hydrogen) atoms. The van der Waals surface area contributed by atoms with Gasteiger partial charge >= 0.3 is 5.97 Å². The molecular weight excluding hydrogens is 182 g/mol. The van der Waals surface area contributed by atoms with E-state index in [0.29, 0.717) is 0 Å². The number of rotatable bonds is 5. The Balaban J connectivity index is 2.46. The second kappa shape index (κ2) is 5.36. The zero-order valence-corrected chi connectivity index (χ0v) is 8.56. The minimum atomic E-state index is -0.487. The van der Waals surface area contributed by atoms with Crippen LogP contribution in [0.2, 0.25) is 0 Å². The number of esters is 1. The Morgan fingerprint density at radius 1 is 1.57 bits per heavy atom. The van der Waals surface area contributed by atoms with Crippen LogP contribution >= 0.6 is 0 Å². The molecule has 0 atom stereocenters. The summed E-state index contributed by atoms with van der Waals surface area (Å²) in [5.41, 5.74) is 0. The van der Waals surface area contributed by atoms with Crippen LogP contribution in [-0.2, 0) is 11.3 Å². The maximum absolute atomic E-state index is 11.0. The molecule has 0 N–H and O–H groups in total. The van der Waals surface area contributed by atoms with E-state index in [-0.39, 0.29) is 5.82 Å². The Labute approximate surface area is 83.1 Å². The van der Waals surface area contributed by atoms with Crippen molar-refractivity contribution in [2.45, 2.75) is 32.7 Å². The highest BCUT2D eigenvalue weighted by atomic mass is 16.5. The SMILES string of the molecule is CCCCCn1cnc(C(=O)OC)n1. The largest absolute Gasteiger partial charge is 0.463 e. The van der Waals surface area contributed by atoms with Crippen molar-refractivity contribution in [3.63, 3.8) is 0 Å². The van der Waals surface area contributed by atoms with Gasteiger partial charge in [-0.2, -0.15) is 0 Å². The molecule has 1 aromatic rings. The van der Waals surface area contributed by atoms with E-state index in [4.69, 9.17) is 0 Å². The molecule has 1 heterocycles. The number of nitrogens with zero attached hydrogens (tertiary/aromatic N) is 3. The maximum Gasteiger partial charge on any atom is 0.377 e. The Bertz CT molecular complexity index is 296. The Kier molecular flexibility index (Phi) is 4.10. The van der Waals surface area contributed by atoms with E-state index in [2.05, 4.69) is 21.7 Å². The van der Waals surface area contributed by atoms with Crippen LogP contribution in [0, 0.1) is 0 Å². The van der Waals surface area contributed by atoms with Crippen LogP contribution in [0.1, 0.15) is 36.8 Å². The van der Waals surface area contributed by atoms with Gasteiger partial charge in [0.15, 0.2) is 0 Å². The minimum absolute atomic E-state index is 0.129. The molecule has 0 aromatic carbocycles. The van der Waals surface area contributed by atoms with Crippen LogP contribution in [0.3, 0.4) is 0 Å². The lowest BCUT2D eigenvalue weighted by molar-refractivity contribution is 0.0586. The van der Waals surface area contributed by atoms with Gasteiger partial charge in [-0.15, -0.1) is 5.10 Å². The monoisotopic (exact) mass is 197 g/mol. The first kappa shape index (κ1) is 10.7. The van der Waals surface area contributed by atoms with E-state index in [1.165, 1.54) is 13.5 Å². The maximum atomic E-state index is 11.0. The van der Waals surface area contributed by atoms with Gasteiger partial charge in [0.05, 0.1) is 7.11 Å². The third kappa shape index (κ3) is 2.83. The summed E-state index contributed by atoms with van der Waals surface area (Å²) >= 11 is 0. The van der Waals surface area contributed by atoms with Crippen LogP contribution in [-0.4, -0.2) is 27.8 Å². The van der Waals surface area contributed by atoms with Crippen molar-refractivity contribution in [2.24, 2.45) is 0 Å². The highest BCUT2D eigenvalue weighted by molar-refractivity contribution is 5.84. The number of carbonyl (C=O) groups excluding carboxylic acids is 1. The fourth-order valence-electron chi connectivity index (χ4n) is 1.11. The van der Waals surface area contributed by atoms with Crippen molar-refractivity contribution < 1.29 is 9.53 Å². The molecule has 78 valence electrons. The lowest BCUT2D eigenvalue weighted by Gasteiger charge is -1.97. The summed E-state index contributed by atoms with van der Waals surface area (Å²) in [5, 5.41) is 3.98. The number of hydrogen-bond acceptors (Lipinski definition) is 4. The number of aromatic nitrogens is 3. The number of carbonyl (C=O) groups is 1. The van der Waals surface area contributed by atoms with Crippen LogP contribution in [0.4, 0.5) is 0 Å². The highest BCUT2D eigenvalue weighted by Gasteiger charge is 2.10. The molecule has 0 bridgehead atoms. The minimum Gasteiger partial charge on any atom is -0.463 e. The molecule has 0 aliphatic heterocycles. The average Bonchev–Trinajstić information content (AvgIpc) is 2.66. The predicted molar refractivity (Wildman–Crippen MR) is 50.9 cm³/mol. The van der Waals surface area contributed by atoms with Gasteiger partial charge in [-0.1, -0.05) is 19.8 Å². The number of aryl methyl sites for hydroxylation is 1. The van der Waals surface area contributed by atoms with Crippen LogP contribution < -0.4 is 0 Å². The fourth-order valence-corrected chi connectivity index (χ4v) is 1.11. The van der Waals surface area contributed by atoms with Crippen LogP contribution in [0.15, 0.2) is 6.33 Å². The van der Waals surface area contributed by atoms with Gasteiger partial charge in [0.25, 0.3) is 5.82 Å². The predicted octanol–water partition coefficient (Wildman–Crippen LogP) is 1.25. The summed E-state index contributed by atoms with van der Waals surface area (Å²) < 4.78 is 6.17. The molecule has 0 unspecified atom stereocenters. The zero-order valence-electron chi connectivity index (χ0n) is 8.56. The number of methoxy groups -OCH3 is 1. The van der Waals surface area contributed by atoms with Crippen LogP contribution in [0.5, 0.6) is 0 Å². The van der Waals surface area contributed by atoms with Gasteiger partial charge in [0, 0.05) is 6.54 Å². The van der Waals surface area contributed by atoms with Crippen molar-refractivity contribution in [2.75, 3.05) is 7.11 Å². The number of hydrogen-bond donors (Lipinski definition) is 0. The third-order valence-corrected chi connectivity index (χ3v) is 1.90. The highest BCUT2D eigenvalue weighted by Crippen LogP contribution is 1.98. The average molecular weight is 197 g/mol. The Morgan fingerprint density at radius 2 is 2.36 bits per heavy atom. The zero-order chi connectivity index (χ0) is 10.4. The van der Waals surface area contributed by atoms with E-state index in [9.17, 15) is 4.79 Å². The van der Waals surface area contributed by atoms with Crippen LogP contribution in [0.25, 0.3) is 0 Å². The molecule has 0 spiro atoms. The summed E-state index contributed by atoms with van der Waals surface area (Å²) in [4.78, 5) is 14.8. The summed E-state index contributed by atoms with van der Waals surface area (Å²) in [7, 11) is 1.32. The van der Waals surface area contributed by atoms with Gasteiger partial charge in [-0.05, 0) is 6.42 Å². The van der Waals surface area contributed by atoms with Gasteiger partial charge in [0.1, 0.15) is 6.33 Å². The van der Waals surface area contributed by atoms with E-state index in [1.807, 2.05) is 0 Å². The molecule has 5 nitrogen and oxygen atoms in total. The van der Waals surface area contributed by atoms with Gasteiger partial charge < -0.3 is 4.74 Å². The van der Waals surface area contributed by atoms with E-state index in [0.717, 1.165) is 19.4 Å². The summed E-state index contributed by atoms with van der Waals surface area (Å²) in [6, 6.07) is 0. The molecule has 1 rings (SSSR count). The van der Waals surface area contributed by atoms with Gasteiger partial charge in [-0.3, -0.25) is 4.68 Å². The lowest BCUT2D eigenvalue weighted by Crippen LogP contribution is -2.06. The number of ether oxygens (including phenoxy) is 1.